The molecular weight excluding hydrogens is 338 g/mol. The van der Waals surface area contributed by atoms with Crippen LogP contribution in [-0.2, 0) is 0 Å². The fraction of sp³-hybridized carbons (Fsp3) is 0.125. The molecule has 0 aliphatic rings. The quantitative estimate of drug-likeness (QED) is 0.559. The van der Waals surface area contributed by atoms with Crippen LogP contribution in [0.5, 0.6) is 11.5 Å². The van der Waals surface area contributed by atoms with E-state index in [4.69, 9.17) is 4.74 Å². The molecule has 0 unspecified atom stereocenters. The van der Waals surface area contributed by atoms with Crippen LogP contribution in [0.25, 0.3) is 0 Å². The van der Waals surface area contributed by atoms with Gasteiger partial charge in [-0.05, 0) is 37.1 Å². The molecule has 0 saturated heterocycles. The maximum absolute atomic E-state index is 12.0. The Hall–Kier alpha value is -3.82. The molecule has 0 spiro atoms. The summed E-state index contributed by atoms with van der Waals surface area (Å²) in [6, 6.07) is 3.33. The van der Waals surface area contributed by atoms with Gasteiger partial charge in [-0.2, -0.15) is 9.97 Å². The number of aromatic nitrogens is 5. The lowest BCUT2D eigenvalue weighted by Crippen LogP contribution is -2.13. The van der Waals surface area contributed by atoms with Crippen LogP contribution in [0, 0.1) is 13.8 Å². The number of rotatable bonds is 4. The number of aryl methyl sites for hydroxylation is 2. The number of carbonyl (C=O) groups excluding carboxylic acids is 1. The lowest BCUT2D eigenvalue weighted by atomic mass is 10.1. The molecule has 130 valence electrons. The second-order valence-electron chi connectivity index (χ2n) is 5.20. The maximum atomic E-state index is 12.0. The average molecular weight is 351 g/mol. The van der Waals surface area contributed by atoms with E-state index in [0.29, 0.717) is 16.8 Å². The Labute approximate surface area is 147 Å². The zero-order valence-electron chi connectivity index (χ0n) is 13.9. The summed E-state index contributed by atoms with van der Waals surface area (Å²) in [6.07, 6.45) is 5.11. The summed E-state index contributed by atoms with van der Waals surface area (Å²) in [4.78, 5) is 31.0. The van der Waals surface area contributed by atoms with E-state index >= 15 is 0 Å². The van der Waals surface area contributed by atoms with E-state index in [2.05, 4.69) is 35.1 Å². The van der Waals surface area contributed by atoms with Crippen molar-refractivity contribution in [2.24, 2.45) is 10.2 Å². The number of phenols is 1. The van der Waals surface area contributed by atoms with E-state index in [9.17, 15) is 9.90 Å². The summed E-state index contributed by atoms with van der Waals surface area (Å²) in [5, 5.41) is 17.7. The number of ether oxygens (including phenoxy) is 1. The summed E-state index contributed by atoms with van der Waals surface area (Å²) < 4.78 is 5.05. The number of nitrogens with zero attached hydrogens (tertiary/aromatic N) is 7. The summed E-state index contributed by atoms with van der Waals surface area (Å²) in [5.74, 6) is -0.708. The number of aromatic hydroxyl groups is 1. The van der Waals surface area contributed by atoms with Gasteiger partial charge in [0.1, 0.15) is 18.4 Å². The SMILES string of the molecule is Cc1cc(N=Nc2ncnc(C(=O)Oc3cncnc3)n2)cc(C)c1O. The highest BCUT2D eigenvalue weighted by molar-refractivity contribution is 5.87. The van der Waals surface area contributed by atoms with Crippen LogP contribution in [0.15, 0.2) is 47.4 Å². The second kappa shape index (κ2) is 7.38. The molecule has 2 aromatic heterocycles. The molecule has 0 aliphatic carbocycles. The van der Waals surface area contributed by atoms with E-state index in [-0.39, 0.29) is 23.3 Å². The highest BCUT2D eigenvalue weighted by atomic mass is 16.5. The van der Waals surface area contributed by atoms with Crippen LogP contribution >= 0.6 is 0 Å². The zero-order valence-corrected chi connectivity index (χ0v) is 13.9. The minimum atomic E-state index is -0.796. The molecule has 3 aromatic rings. The highest BCUT2D eigenvalue weighted by Crippen LogP contribution is 2.27. The molecular formula is C16H13N7O3. The predicted molar refractivity (Wildman–Crippen MR) is 88.6 cm³/mol. The van der Waals surface area contributed by atoms with E-state index in [0.717, 1.165) is 6.33 Å². The van der Waals surface area contributed by atoms with Crippen LogP contribution in [0.3, 0.4) is 0 Å². The van der Waals surface area contributed by atoms with Gasteiger partial charge in [-0.25, -0.2) is 19.7 Å². The molecule has 0 amide bonds. The average Bonchev–Trinajstić information content (AvgIpc) is 2.65. The lowest BCUT2D eigenvalue weighted by molar-refractivity contribution is 0.0720. The first kappa shape index (κ1) is 17.0. The van der Waals surface area contributed by atoms with Crippen molar-refractivity contribution in [2.45, 2.75) is 13.8 Å². The Kier molecular flexibility index (Phi) is 4.83. The van der Waals surface area contributed by atoms with E-state index < -0.39 is 5.97 Å². The van der Waals surface area contributed by atoms with Crippen molar-refractivity contribution in [3.8, 4) is 11.5 Å². The molecule has 0 bridgehead atoms. The van der Waals surface area contributed by atoms with Gasteiger partial charge in [0.25, 0.3) is 5.95 Å². The van der Waals surface area contributed by atoms with Gasteiger partial charge in [-0.15, -0.1) is 10.2 Å². The molecule has 3 rings (SSSR count). The molecule has 1 aromatic carbocycles. The zero-order chi connectivity index (χ0) is 18.5. The Morgan fingerprint density at radius 2 is 1.73 bits per heavy atom. The summed E-state index contributed by atoms with van der Waals surface area (Å²) in [7, 11) is 0. The third kappa shape index (κ3) is 3.98. The summed E-state index contributed by atoms with van der Waals surface area (Å²) in [6.45, 7) is 3.51. The van der Waals surface area contributed by atoms with Gasteiger partial charge in [0, 0.05) is 0 Å². The third-order valence-electron chi connectivity index (χ3n) is 3.22. The smallest absolute Gasteiger partial charge is 0.382 e. The van der Waals surface area contributed by atoms with Crippen molar-refractivity contribution >= 4 is 17.6 Å². The van der Waals surface area contributed by atoms with E-state index in [1.165, 1.54) is 18.7 Å². The van der Waals surface area contributed by atoms with E-state index in [1.54, 1.807) is 26.0 Å². The molecule has 0 aliphatic heterocycles. The third-order valence-corrected chi connectivity index (χ3v) is 3.22. The molecule has 2 heterocycles. The number of carbonyl (C=O) groups is 1. The van der Waals surface area contributed by atoms with Crippen molar-refractivity contribution in [1.82, 2.24) is 24.9 Å². The standard InChI is InChI=1S/C16H13N7O3/c1-9-3-11(4-10(2)13(9)24)22-23-16-20-8-19-14(21-16)15(25)26-12-5-17-7-18-6-12/h3-8,24H,1-2H3. The summed E-state index contributed by atoms with van der Waals surface area (Å²) >= 11 is 0. The van der Waals surface area contributed by atoms with Gasteiger partial charge in [-0.1, -0.05) is 0 Å². The van der Waals surface area contributed by atoms with Crippen LogP contribution < -0.4 is 4.74 Å². The number of benzene rings is 1. The molecule has 26 heavy (non-hydrogen) atoms. The first-order chi connectivity index (χ1) is 12.5. The lowest BCUT2D eigenvalue weighted by Gasteiger charge is -2.03. The Morgan fingerprint density at radius 3 is 2.42 bits per heavy atom. The van der Waals surface area contributed by atoms with Crippen molar-refractivity contribution in [3.05, 3.63) is 54.1 Å². The number of esters is 1. The van der Waals surface area contributed by atoms with Gasteiger partial charge < -0.3 is 9.84 Å². The van der Waals surface area contributed by atoms with Crippen molar-refractivity contribution in [1.29, 1.82) is 0 Å². The molecule has 1 N–H and O–H groups in total. The highest BCUT2D eigenvalue weighted by Gasteiger charge is 2.14. The number of phenolic OH excluding ortho intramolecular Hbond substituents is 1. The minimum Gasteiger partial charge on any atom is -0.507 e. The van der Waals surface area contributed by atoms with Gasteiger partial charge >= 0.3 is 5.97 Å². The molecule has 10 nitrogen and oxygen atoms in total. The van der Waals surface area contributed by atoms with Crippen LogP contribution in [0.2, 0.25) is 0 Å². The molecule has 0 fully saturated rings. The monoisotopic (exact) mass is 351 g/mol. The topological polar surface area (TPSA) is 136 Å². The maximum Gasteiger partial charge on any atom is 0.382 e. The molecule has 0 atom stereocenters. The Bertz CT molecular complexity index is 954. The number of azo groups is 1. The summed E-state index contributed by atoms with van der Waals surface area (Å²) in [5.41, 5.74) is 1.86. The first-order valence-electron chi connectivity index (χ1n) is 7.41. The van der Waals surface area contributed by atoms with Crippen molar-refractivity contribution < 1.29 is 14.6 Å². The largest absolute Gasteiger partial charge is 0.507 e. The Morgan fingerprint density at radius 1 is 1.04 bits per heavy atom. The van der Waals surface area contributed by atoms with Gasteiger partial charge in [-0.3, -0.25) is 0 Å². The van der Waals surface area contributed by atoms with Crippen LogP contribution in [0.1, 0.15) is 21.7 Å². The van der Waals surface area contributed by atoms with Gasteiger partial charge in [0.05, 0.1) is 18.1 Å². The Balaban J connectivity index is 1.78. The van der Waals surface area contributed by atoms with E-state index in [1.807, 2.05) is 0 Å². The normalized spacial score (nSPS) is 10.8. The van der Waals surface area contributed by atoms with Crippen molar-refractivity contribution in [2.75, 3.05) is 0 Å². The number of hydrogen-bond acceptors (Lipinski definition) is 10. The fourth-order valence-electron chi connectivity index (χ4n) is 2.02. The van der Waals surface area contributed by atoms with Gasteiger partial charge in [0.2, 0.25) is 5.82 Å². The fourth-order valence-corrected chi connectivity index (χ4v) is 2.02. The minimum absolute atomic E-state index is 0.0559. The first-order valence-corrected chi connectivity index (χ1v) is 7.41. The molecule has 10 heteroatoms. The van der Waals surface area contributed by atoms with Crippen LogP contribution in [-0.4, -0.2) is 36.0 Å². The van der Waals surface area contributed by atoms with Crippen LogP contribution in [0.4, 0.5) is 11.6 Å². The number of hydrogen-bond donors (Lipinski definition) is 1. The van der Waals surface area contributed by atoms with Gasteiger partial charge in [0.15, 0.2) is 5.75 Å². The predicted octanol–water partition coefficient (Wildman–Crippen LogP) is 2.62. The molecule has 0 saturated carbocycles. The second-order valence-corrected chi connectivity index (χ2v) is 5.20. The van der Waals surface area contributed by atoms with Crippen molar-refractivity contribution in [3.63, 3.8) is 0 Å². The molecule has 0 radical (unpaired) electrons.